The smallest absolute Gasteiger partial charge is 0.139 e. The lowest BCUT2D eigenvalue weighted by atomic mass is 9.94. The number of hydrogen-bond donors (Lipinski definition) is 2. The molecule has 1 aliphatic rings. The van der Waals surface area contributed by atoms with Crippen LogP contribution in [0, 0.1) is 12.8 Å². The van der Waals surface area contributed by atoms with Crippen molar-refractivity contribution >= 4 is 39.2 Å². The average molecular weight is 419 g/mol. The summed E-state index contributed by atoms with van der Waals surface area (Å²) in [7, 11) is 0. The minimum absolute atomic E-state index is 0.378. The number of fused-ring (bicyclic) bond motifs is 2. The first-order valence-electron chi connectivity index (χ1n) is 10.1. The first-order valence-corrected chi connectivity index (χ1v) is 10.5. The van der Waals surface area contributed by atoms with Gasteiger partial charge in [0.15, 0.2) is 0 Å². The van der Waals surface area contributed by atoms with Gasteiger partial charge in [-0.05, 0) is 49.1 Å². The van der Waals surface area contributed by atoms with Crippen molar-refractivity contribution in [1.29, 1.82) is 0 Å². The van der Waals surface area contributed by atoms with Crippen molar-refractivity contribution in [2.75, 3.05) is 18.0 Å². The van der Waals surface area contributed by atoms with Crippen molar-refractivity contribution in [3.05, 3.63) is 59.7 Å². The molecule has 1 fully saturated rings. The number of aryl methyl sites for hydroxylation is 1. The maximum absolute atomic E-state index is 6.82. The van der Waals surface area contributed by atoms with E-state index in [1.54, 1.807) is 6.33 Å². The Labute approximate surface area is 179 Å². The second kappa shape index (κ2) is 7.29. The van der Waals surface area contributed by atoms with Crippen LogP contribution in [-0.2, 0) is 0 Å². The van der Waals surface area contributed by atoms with Gasteiger partial charge in [-0.1, -0.05) is 24.2 Å². The molecule has 3 heterocycles. The number of nitrogens with two attached hydrogens (primary N) is 1. The van der Waals surface area contributed by atoms with Gasteiger partial charge in [0, 0.05) is 46.1 Å². The number of aromatic amines is 1. The fourth-order valence-corrected chi connectivity index (χ4v) is 4.71. The molecule has 30 heavy (non-hydrogen) atoms. The fourth-order valence-electron chi connectivity index (χ4n) is 4.45. The Hall–Kier alpha value is -3.12. The summed E-state index contributed by atoms with van der Waals surface area (Å²) in [6.07, 6.45) is 5.44. The normalized spacial score (nSPS) is 15.2. The second-order valence-electron chi connectivity index (χ2n) is 7.97. The summed E-state index contributed by atoms with van der Waals surface area (Å²) in [4.78, 5) is 11.4. The number of rotatable bonds is 3. The van der Waals surface area contributed by atoms with E-state index in [2.05, 4.69) is 50.7 Å². The van der Waals surface area contributed by atoms with Crippen LogP contribution < -0.4 is 10.6 Å². The molecule has 6 nitrogen and oxygen atoms in total. The fraction of sp³-hybridized carbons (Fsp3) is 0.261. The highest BCUT2D eigenvalue weighted by Gasteiger charge is 2.23. The molecule has 2 aromatic carbocycles. The van der Waals surface area contributed by atoms with Gasteiger partial charge in [0.2, 0.25) is 0 Å². The van der Waals surface area contributed by atoms with Crippen LogP contribution >= 0.6 is 11.6 Å². The SMILES string of the molecule is C=C(N)C1CCN(c2ncnc3cc(-c4c(C)ccc5[nH]ncc45)c(Cl)cc23)CC1. The number of anilines is 1. The summed E-state index contributed by atoms with van der Waals surface area (Å²) in [6, 6.07) is 8.17. The van der Waals surface area contributed by atoms with Crippen molar-refractivity contribution in [3.8, 4) is 11.1 Å². The van der Waals surface area contributed by atoms with Crippen LogP contribution in [0.3, 0.4) is 0 Å². The third-order valence-corrected chi connectivity index (χ3v) is 6.44. The number of nitrogens with zero attached hydrogens (tertiary/aromatic N) is 4. The number of allylic oxidation sites excluding steroid dienone is 1. The van der Waals surface area contributed by atoms with Gasteiger partial charge in [-0.25, -0.2) is 9.97 Å². The lowest BCUT2D eigenvalue weighted by Crippen LogP contribution is -2.35. The van der Waals surface area contributed by atoms with Gasteiger partial charge in [-0.3, -0.25) is 5.10 Å². The molecule has 0 bridgehead atoms. The Morgan fingerprint density at radius 3 is 2.77 bits per heavy atom. The highest BCUT2D eigenvalue weighted by Crippen LogP contribution is 2.39. The van der Waals surface area contributed by atoms with Gasteiger partial charge in [-0.15, -0.1) is 0 Å². The van der Waals surface area contributed by atoms with E-state index >= 15 is 0 Å². The molecular formula is C23H23ClN6. The standard InChI is InChI=1S/C23H23ClN6/c1-13-3-4-20-18(11-28-29-20)22(13)16-10-21-17(9-19(16)24)23(27-12-26-21)30-7-5-15(6-8-30)14(2)25/h3-4,9-12,15H,2,5-8,25H2,1H3,(H,28,29). The van der Waals surface area contributed by atoms with Gasteiger partial charge < -0.3 is 10.6 Å². The van der Waals surface area contributed by atoms with Crippen molar-refractivity contribution in [1.82, 2.24) is 20.2 Å². The molecule has 0 aliphatic carbocycles. The van der Waals surface area contributed by atoms with E-state index < -0.39 is 0 Å². The van der Waals surface area contributed by atoms with Gasteiger partial charge in [0.05, 0.1) is 17.2 Å². The Kier molecular flexibility index (Phi) is 4.59. The summed E-state index contributed by atoms with van der Waals surface area (Å²) < 4.78 is 0. The lowest BCUT2D eigenvalue weighted by Gasteiger charge is -2.33. The maximum atomic E-state index is 6.82. The average Bonchev–Trinajstić information content (AvgIpc) is 3.22. The van der Waals surface area contributed by atoms with Gasteiger partial charge in [0.1, 0.15) is 12.1 Å². The van der Waals surface area contributed by atoms with Crippen LogP contribution in [-0.4, -0.2) is 33.3 Å². The zero-order chi connectivity index (χ0) is 20.8. The van der Waals surface area contributed by atoms with Gasteiger partial charge in [0.25, 0.3) is 0 Å². The monoisotopic (exact) mass is 418 g/mol. The summed E-state index contributed by atoms with van der Waals surface area (Å²) in [6.45, 7) is 7.77. The number of piperidine rings is 1. The van der Waals surface area contributed by atoms with E-state index in [0.717, 1.165) is 75.9 Å². The van der Waals surface area contributed by atoms with Crippen LogP contribution in [0.1, 0.15) is 18.4 Å². The zero-order valence-corrected chi connectivity index (χ0v) is 17.6. The Bertz CT molecular complexity index is 1270. The number of nitrogens with one attached hydrogen (secondary N) is 1. The highest BCUT2D eigenvalue weighted by atomic mass is 35.5. The maximum Gasteiger partial charge on any atom is 0.139 e. The molecule has 152 valence electrons. The molecule has 1 aliphatic heterocycles. The molecule has 3 N–H and O–H groups in total. The van der Waals surface area contributed by atoms with Crippen LogP contribution in [0.25, 0.3) is 32.9 Å². The number of H-pyrrole nitrogens is 1. The number of hydrogen-bond acceptors (Lipinski definition) is 5. The molecule has 0 amide bonds. The Balaban J connectivity index is 1.60. The van der Waals surface area contributed by atoms with E-state index in [0.29, 0.717) is 10.9 Å². The Morgan fingerprint density at radius 2 is 2.00 bits per heavy atom. The van der Waals surface area contributed by atoms with Crippen LogP contribution in [0.4, 0.5) is 5.82 Å². The third kappa shape index (κ3) is 3.08. The first kappa shape index (κ1) is 18.9. The molecule has 7 heteroatoms. The zero-order valence-electron chi connectivity index (χ0n) is 16.8. The summed E-state index contributed by atoms with van der Waals surface area (Å²) in [5, 5.41) is 9.93. The summed E-state index contributed by atoms with van der Waals surface area (Å²) in [5.74, 6) is 1.30. The Morgan fingerprint density at radius 1 is 1.20 bits per heavy atom. The number of benzene rings is 2. The molecular weight excluding hydrogens is 396 g/mol. The topological polar surface area (TPSA) is 83.7 Å². The predicted octanol–water partition coefficient (Wildman–Crippen LogP) is 4.82. The minimum atomic E-state index is 0.378. The van der Waals surface area contributed by atoms with Crippen molar-refractivity contribution < 1.29 is 0 Å². The first-order chi connectivity index (χ1) is 14.5. The minimum Gasteiger partial charge on any atom is -0.402 e. The second-order valence-corrected chi connectivity index (χ2v) is 8.38. The van der Waals surface area contributed by atoms with Crippen molar-refractivity contribution in [2.45, 2.75) is 19.8 Å². The summed E-state index contributed by atoms with van der Waals surface area (Å²) in [5.41, 5.74) is 11.7. The molecule has 0 radical (unpaired) electrons. The molecule has 0 unspecified atom stereocenters. The predicted molar refractivity (Wildman–Crippen MR) is 123 cm³/mol. The summed E-state index contributed by atoms with van der Waals surface area (Å²) >= 11 is 6.82. The number of aromatic nitrogens is 4. The largest absolute Gasteiger partial charge is 0.402 e. The molecule has 0 atom stereocenters. The van der Waals surface area contributed by atoms with E-state index in [-0.39, 0.29) is 0 Å². The third-order valence-electron chi connectivity index (χ3n) is 6.12. The molecule has 1 saturated heterocycles. The van der Waals surface area contributed by atoms with E-state index in [9.17, 15) is 0 Å². The van der Waals surface area contributed by atoms with Crippen molar-refractivity contribution in [3.63, 3.8) is 0 Å². The number of halogens is 1. The molecule has 4 aromatic rings. The van der Waals surface area contributed by atoms with Crippen LogP contribution in [0.15, 0.2) is 49.1 Å². The van der Waals surface area contributed by atoms with E-state index in [4.69, 9.17) is 17.3 Å². The van der Waals surface area contributed by atoms with Crippen LogP contribution in [0.2, 0.25) is 5.02 Å². The molecule has 5 rings (SSSR count). The molecule has 0 saturated carbocycles. The molecule has 2 aromatic heterocycles. The molecule has 0 spiro atoms. The quantitative estimate of drug-likeness (QED) is 0.498. The van der Waals surface area contributed by atoms with Gasteiger partial charge in [-0.2, -0.15) is 5.10 Å². The highest BCUT2D eigenvalue weighted by molar-refractivity contribution is 6.35. The van der Waals surface area contributed by atoms with Crippen LogP contribution in [0.5, 0.6) is 0 Å². The van der Waals surface area contributed by atoms with E-state index in [1.807, 2.05) is 18.3 Å². The lowest BCUT2D eigenvalue weighted by molar-refractivity contribution is 0.455. The van der Waals surface area contributed by atoms with Gasteiger partial charge >= 0.3 is 0 Å². The van der Waals surface area contributed by atoms with E-state index in [1.165, 1.54) is 0 Å². The van der Waals surface area contributed by atoms with Crippen molar-refractivity contribution in [2.24, 2.45) is 11.7 Å².